The Morgan fingerprint density at radius 2 is 1.95 bits per heavy atom. The molecular formula is C29H34N3O10PS. The molecule has 2 aromatic rings. The first-order valence-corrected chi connectivity index (χ1v) is 17.2. The third-order valence-electron chi connectivity index (χ3n) is 7.71. The SMILES string of the molecule is C[C@@](CCN1Cc2cc(C#CC#CC3(CO)CC3)cn2C1=O)(CNOC(=O)CCc1ccccc1OP(=O)(O)O)S(C)(=O)=O. The average molecular weight is 648 g/mol. The highest BCUT2D eigenvalue weighted by atomic mass is 32.2. The number of sulfone groups is 1. The number of phosphoric acid groups is 1. The lowest BCUT2D eigenvalue weighted by Crippen LogP contribution is -2.47. The number of aliphatic hydroxyl groups is 1. The van der Waals surface area contributed by atoms with Crippen molar-refractivity contribution in [3.63, 3.8) is 0 Å². The molecule has 4 rings (SSSR count). The number of nitrogens with one attached hydrogen (secondary N) is 1. The topological polar surface area (TPSA) is 185 Å². The first kappa shape index (κ1) is 33.3. The standard InChI is InChI=1S/C29H34N3O10PS/c1-28(44(2,39)40,20-30-41-26(34)11-10-23-8-3-4-9-25(23)42-43(36,37)38)15-16-31-19-24-17-22(18-32(24)27(31)35)7-5-6-12-29(21-33)13-14-29/h3-4,8-9,17-18,30,33H,10-11,13-16,19-21H2,1-2H3,(H2,36,37,38)/t28-/m1/s1. The van der Waals surface area contributed by atoms with Gasteiger partial charge in [0.2, 0.25) is 0 Å². The van der Waals surface area contributed by atoms with Gasteiger partial charge in [-0.2, -0.15) is 5.48 Å². The normalized spacial score (nSPS) is 16.6. The maximum Gasteiger partial charge on any atom is 0.524 e. The Kier molecular flexibility index (Phi) is 9.96. The lowest BCUT2D eigenvalue weighted by Gasteiger charge is -2.29. The van der Waals surface area contributed by atoms with E-state index in [-0.39, 0.29) is 62.7 Å². The molecule has 1 aromatic carbocycles. The highest BCUT2D eigenvalue weighted by molar-refractivity contribution is 7.92. The van der Waals surface area contributed by atoms with Crippen molar-refractivity contribution in [1.82, 2.24) is 14.9 Å². The molecule has 236 valence electrons. The van der Waals surface area contributed by atoms with Crippen LogP contribution in [0, 0.1) is 29.1 Å². The third kappa shape index (κ3) is 8.51. The van der Waals surface area contributed by atoms with E-state index in [0.717, 1.165) is 19.1 Å². The number of hydrogen-bond acceptors (Lipinski definition) is 9. The van der Waals surface area contributed by atoms with Gasteiger partial charge in [0.05, 0.1) is 36.3 Å². The van der Waals surface area contributed by atoms with Gasteiger partial charge in [0.15, 0.2) is 9.84 Å². The van der Waals surface area contributed by atoms with Gasteiger partial charge in [-0.1, -0.05) is 30.0 Å². The highest BCUT2D eigenvalue weighted by Crippen LogP contribution is 2.44. The largest absolute Gasteiger partial charge is 0.524 e. The van der Waals surface area contributed by atoms with Gasteiger partial charge in [-0.25, -0.2) is 17.8 Å². The minimum absolute atomic E-state index is 0.0175. The van der Waals surface area contributed by atoms with Crippen LogP contribution in [0.2, 0.25) is 0 Å². The zero-order chi connectivity index (χ0) is 32.2. The molecule has 0 radical (unpaired) electrons. The molecule has 1 aliphatic carbocycles. The fourth-order valence-electron chi connectivity index (χ4n) is 4.47. The summed E-state index contributed by atoms with van der Waals surface area (Å²) in [6, 6.07) is 7.54. The number of aliphatic hydroxyl groups excluding tert-OH is 1. The molecule has 1 saturated carbocycles. The molecule has 1 fully saturated rings. The molecule has 15 heteroatoms. The van der Waals surface area contributed by atoms with Crippen LogP contribution >= 0.6 is 7.82 Å². The molecule has 1 atom stereocenters. The Balaban J connectivity index is 1.27. The van der Waals surface area contributed by atoms with Gasteiger partial charge in [0, 0.05) is 30.3 Å². The summed E-state index contributed by atoms with van der Waals surface area (Å²) >= 11 is 0. The second-order valence-electron chi connectivity index (χ2n) is 11.2. The number of hydrogen-bond donors (Lipinski definition) is 4. The van der Waals surface area contributed by atoms with Crippen LogP contribution < -0.4 is 10.0 Å². The van der Waals surface area contributed by atoms with Crippen LogP contribution in [0.4, 0.5) is 4.79 Å². The minimum atomic E-state index is -4.79. The minimum Gasteiger partial charge on any atom is -0.404 e. The zero-order valence-electron chi connectivity index (χ0n) is 24.3. The molecule has 0 bridgehead atoms. The van der Waals surface area contributed by atoms with Crippen molar-refractivity contribution in [2.75, 3.05) is 26.0 Å². The van der Waals surface area contributed by atoms with E-state index >= 15 is 0 Å². The molecule has 13 nitrogen and oxygen atoms in total. The quantitative estimate of drug-likeness (QED) is 0.141. The van der Waals surface area contributed by atoms with Crippen LogP contribution in [0.15, 0.2) is 36.5 Å². The number of aryl methyl sites for hydroxylation is 1. The Morgan fingerprint density at radius 3 is 2.59 bits per heavy atom. The number of rotatable bonds is 13. The fraction of sp³-hybridized carbons (Fsp3) is 0.448. The summed E-state index contributed by atoms with van der Waals surface area (Å²) in [6.07, 6.45) is 4.35. The summed E-state index contributed by atoms with van der Waals surface area (Å²) in [5.74, 6) is 10.6. The third-order valence-corrected chi connectivity index (χ3v) is 10.3. The van der Waals surface area contributed by atoms with E-state index in [2.05, 4.69) is 33.7 Å². The van der Waals surface area contributed by atoms with Gasteiger partial charge in [0.25, 0.3) is 0 Å². The van der Waals surface area contributed by atoms with Gasteiger partial charge < -0.3 is 19.4 Å². The number of nitrogens with zero attached hydrogens (tertiary/aromatic N) is 2. The summed E-state index contributed by atoms with van der Waals surface area (Å²) in [4.78, 5) is 50.0. The van der Waals surface area contributed by atoms with E-state index in [1.807, 2.05) is 0 Å². The summed E-state index contributed by atoms with van der Waals surface area (Å²) in [6.45, 7) is 1.68. The predicted molar refractivity (Wildman–Crippen MR) is 158 cm³/mol. The van der Waals surface area contributed by atoms with Crippen molar-refractivity contribution in [2.24, 2.45) is 5.41 Å². The first-order valence-electron chi connectivity index (χ1n) is 13.7. The molecular weight excluding hydrogens is 613 g/mol. The Bertz CT molecular complexity index is 1710. The number of amides is 1. The summed E-state index contributed by atoms with van der Waals surface area (Å²) in [5.41, 5.74) is 3.84. The summed E-state index contributed by atoms with van der Waals surface area (Å²) in [5, 5.41) is 9.32. The number of aromatic nitrogens is 1. The van der Waals surface area contributed by atoms with Gasteiger partial charge in [-0.15, -0.1) is 0 Å². The second kappa shape index (κ2) is 13.2. The number of hydroxylamine groups is 1. The van der Waals surface area contributed by atoms with Gasteiger partial charge in [-0.3, -0.25) is 19.1 Å². The van der Waals surface area contributed by atoms with Crippen LogP contribution in [0.1, 0.15) is 49.4 Å². The zero-order valence-corrected chi connectivity index (χ0v) is 26.0. The molecule has 2 heterocycles. The van der Waals surface area contributed by atoms with E-state index in [9.17, 15) is 27.7 Å². The molecule has 0 spiro atoms. The monoisotopic (exact) mass is 647 g/mol. The van der Waals surface area contributed by atoms with Crippen LogP contribution in [0.25, 0.3) is 0 Å². The smallest absolute Gasteiger partial charge is 0.404 e. The van der Waals surface area contributed by atoms with Crippen molar-refractivity contribution in [3.8, 4) is 29.4 Å². The Hall–Kier alpha value is -3.62. The predicted octanol–water partition coefficient (Wildman–Crippen LogP) is 1.74. The summed E-state index contributed by atoms with van der Waals surface area (Å²) < 4.78 is 41.3. The van der Waals surface area contributed by atoms with Crippen molar-refractivity contribution in [3.05, 3.63) is 53.3 Å². The lowest BCUT2D eigenvalue weighted by atomic mass is 10.1. The van der Waals surface area contributed by atoms with Crippen molar-refractivity contribution < 1.29 is 46.8 Å². The van der Waals surface area contributed by atoms with E-state index in [1.54, 1.807) is 24.4 Å². The van der Waals surface area contributed by atoms with Crippen LogP contribution in [0.5, 0.6) is 5.75 Å². The van der Waals surface area contributed by atoms with Crippen LogP contribution in [-0.4, -0.2) is 75.5 Å². The van der Waals surface area contributed by atoms with Crippen LogP contribution in [0.3, 0.4) is 0 Å². The van der Waals surface area contributed by atoms with E-state index in [1.165, 1.54) is 28.5 Å². The Morgan fingerprint density at radius 1 is 1.23 bits per heavy atom. The molecule has 44 heavy (non-hydrogen) atoms. The molecule has 0 unspecified atom stereocenters. The average Bonchev–Trinajstić information content (AvgIpc) is 3.52. The van der Waals surface area contributed by atoms with E-state index < -0.39 is 28.4 Å². The molecule has 0 saturated heterocycles. The van der Waals surface area contributed by atoms with Gasteiger partial charge in [-0.05, 0) is 62.1 Å². The molecule has 1 amide bonds. The van der Waals surface area contributed by atoms with Crippen LogP contribution in [-0.2, 0) is 37.0 Å². The Labute approximate surface area is 255 Å². The van der Waals surface area contributed by atoms with Gasteiger partial charge in [0.1, 0.15) is 5.75 Å². The molecule has 2 aliphatic rings. The van der Waals surface area contributed by atoms with Crippen molar-refractivity contribution >= 4 is 29.7 Å². The lowest BCUT2D eigenvalue weighted by molar-refractivity contribution is -0.151. The van der Waals surface area contributed by atoms with Gasteiger partial charge >= 0.3 is 19.8 Å². The fourth-order valence-corrected chi connectivity index (χ4v) is 5.69. The second-order valence-corrected chi connectivity index (χ2v) is 14.9. The van der Waals surface area contributed by atoms with Crippen molar-refractivity contribution in [2.45, 2.75) is 50.3 Å². The van der Waals surface area contributed by atoms with E-state index in [0.29, 0.717) is 16.8 Å². The van der Waals surface area contributed by atoms with E-state index in [4.69, 9.17) is 14.6 Å². The molecule has 1 aromatic heterocycles. The maximum atomic E-state index is 13.0. The summed E-state index contributed by atoms with van der Waals surface area (Å²) in [7, 11) is -8.45. The number of carbonyl (C=O) groups excluding carboxylic acids is 2. The number of para-hydroxylation sites is 1. The first-order chi connectivity index (χ1) is 20.6. The number of benzene rings is 1. The highest BCUT2D eigenvalue weighted by Gasteiger charge is 2.40. The van der Waals surface area contributed by atoms with Crippen molar-refractivity contribution in [1.29, 1.82) is 0 Å². The maximum absolute atomic E-state index is 13.0. The number of fused-ring (bicyclic) bond motifs is 1. The molecule has 4 N–H and O–H groups in total. The molecule has 1 aliphatic heterocycles. The number of carbonyl (C=O) groups is 2. The number of phosphoric ester groups is 1.